The number of nitro benzene ring substituents is 1. The number of carbonyl (C=O) groups is 1. The van der Waals surface area contributed by atoms with E-state index in [0.29, 0.717) is 0 Å². The maximum Gasteiger partial charge on any atom is 0.338 e. The first-order valence-electron chi connectivity index (χ1n) is 6.53. The fraction of sp³-hybridized carbons (Fsp3) is 0.133. The molecular formula is C15H13N3O5. The quantitative estimate of drug-likeness (QED) is 0.500. The molecule has 0 aliphatic carbocycles. The summed E-state index contributed by atoms with van der Waals surface area (Å²) in [5.41, 5.74) is 1.10. The Balaban J connectivity index is 2.51. The van der Waals surface area contributed by atoms with E-state index in [-0.39, 0.29) is 28.4 Å². The first-order chi connectivity index (χ1) is 10.8. The van der Waals surface area contributed by atoms with E-state index in [9.17, 15) is 20.0 Å². The Morgan fingerprint density at radius 1 is 1.09 bits per heavy atom. The Labute approximate surface area is 130 Å². The summed E-state index contributed by atoms with van der Waals surface area (Å²) in [5.74, 6) is -1.51. The summed E-state index contributed by atoms with van der Waals surface area (Å²) >= 11 is 0. The molecule has 0 bridgehead atoms. The second-order valence-corrected chi connectivity index (χ2v) is 4.89. The fourth-order valence-electron chi connectivity index (χ4n) is 1.90. The van der Waals surface area contributed by atoms with Gasteiger partial charge in [-0.1, -0.05) is 0 Å². The van der Waals surface area contributed by atoms with Crippen molar-refractivity contribution in [2.24, 2.45) is 10.2 Å². The van der Waals surface area contributed by atoms with E-state index in [1.165, 1.54) is 24.3 Å². The Hall–Kier alpha value is -3.29. The molecular weight excluding hydrogens is 302 g/mol. The van der Waals surface area contributed by atoms with Crippen LogP contribution in [0.25, 0.3) is 0 Å². The van der Waals surface area contributed by atoms with Crippen molar-refractivity contribution in [1.82, 2.24) is 0 Å². The highest BCUT2D eigenvalue weighted by atomic mass is 16.6. The maximum atomic E-state index is 11.1. The highest BCUT2D eigenvalue weighted by Crippen LogP contribution is 2.33. The molecule has 0 spiro atoms. The van der Waals surface area contributed by atoms with Crippen LogP contribution in [-0.4, -0.2) is 21.1 Å². The van der Waals surface area contributed by atoms with Gasteiger partial charge in [0.2, 0.25) is 0 Å². The molecule has 0 aliphatic rings. The van der Waals surface area contributed by atoms with Gasteiger partial charge < -0.3 is 10.2 Å². The molecule has 0 saturated heterocycles. The molecule has 2 aromatic carbocycles. The van der Waals surface area contributed by atoms with Crippen molar-refractivity contribution in [3.63, 3.8) is 0 Å². The van der Waals surface area contributed by atoms with E-state index < -0.39 is 10.9 Å². The van der Waals surface area contributed by atoms with Crippen molar-refractivity contribution in [2.75, 3.05) is 0 Å². The van der Waals surface area contributed by atoms with Crippen molar-refractivity contribution < 1.29 is 19.9 Å². The summed E-state index contributed by atoms with van der Waals surface area (Å²) in [6, 6.07) is 6.46. The number of carboxylic acid groups (broad SMARTS) is 1. The van der Waals surface area contributed by atoms with Crippen molar-refractivity contribution >= 4 is 23.0 Å². The van der Waals surface area contributed by atoms with Crippen LogP contribution in [0.3, 0.4) is 0 Å². The Kier molecular flexibility index (Phi) is 4.35. The highest BCUT2D eigenvalue weighted by Gasteiger charge is 2.16. The van der Waals surface area contributed by atoms with Crippen molar-refractivity contribution in [2.45, 2.75) is 13.8 Å². The molecule has 23 heavy (non-hydrogen) atoms. The molecule has 0 unspecified atom stereocenters. The molecule has 118 valence electrons. The van der Waals surface area contributed by atoms with Gasteiger partial charge in [-0.25, -0.2) is 4.79 Å². The lowest BCUT2D eigenvalue weighted by Gasteiger charge is -2.03. The van der Waals surface area contributed by atoms with Gasteiger partial charge in [-0.3, -0.25) is 10.1 Å². The van der Waals surface area contributed by atoms with Crippen LogP contribution in [0.1, 0.15) is 21.5 Å². The summed E-state index contributed by atoms with van der Waals surface area (Å²) in [5, 5.41) is 37.1. The number of carboxylic acids is 1. The number of rotatable bonds is 4. The highest BCUT2D eigenvalue weighted by molar-refractivity contribution is 5.93. The van der Waals surface area contributed by atoms with Gasteiger partial charge >= 0.3 is 5.97 Å². The van der Waals surface area contributed by atoms with Crippen LogP contribution >= 0.6 is 0 Å². The molecule has 0 radical (unpaired) electrons. The Morgan fingerprint density at radius 3 is 2.30 bits per heavy atom. The third-order valence-electron chi connectivity index (χ3n) is 3.26. The lowest BCUT2D eigenvalue weighted by molar-refractivity contribution is -0.384. The van der Waals surface area contributed by atoms with E-state index in [0.717, 1.165) is 17.2 Å². The van der Waals surface area contributed by atoms with Gasteiger partial charge in [0, 0.05) is 6.07 Å². The number of nitro groups is 1. The number of aromatic hydroxyl groups is 1. The number of phenolic OH excluding ortho intramolecular Hbond substituents is 1. The number of nitrogens with zero attached hydrogens (tertiary/aromatic N) is 3. The maximum absolute atomic E-state index is 11.1. The van der Waals surface area contributed by atoms with E-state index in [4.69, 9.17) is 5.11 Å². The van der Waals surface area contributed by atoms with Gasteiger partial charge in [0.05, 0.1) is 10.5 Å². The zero-order chi connectivity index (χ0) is 17.1. The van der Waals surface area contributed by atoms with E-state index in [2.05, 4.69) is 10.2 Å². The first-order valence-corrected chi connectivity index (χ1v) is 6.53. The third-order valence-corrected chi connectivity index (χ3v) is 3.26. The molecule has 8 nitrogen and oxygen atoms in total. The molecule has 8 heteroatoms. The van der Waals surface area contributed by atoms with Crippen molar-refractivity contribution in [3.05, 3.63) is 57.1 Å². The second kappa shape index (κ2) is 6.22. The number of azo groups is 1. The van der Waals surface area contributed by atoms with Crippen LogP contribution < -0.4 is 0 Å². The third kappa shape index (κ3) is 3.49. The minimum absolute atomic E-state index is 0.0113. The summed E-state index contributed by atoms with van der Waals surface area (Å²) < 4.78 is 0. The number of phenols is 1. The van der Waals surface area contributed by atoms with Gasteiger partial charge in [-0.2, -0.15) is 0 Å². The molecule has 2 rings (SSSR count). The zero-order valence-electron chi connectivity index (χ0n) is 12.3. The van der Waals surface area contributed by atoms with Gasteiger partial charge in [0.25, 0.3) is 5.69 Å². The van der Waals surface area contributed by atoms with Crippen LogP contribution in [0, 0.1) is 24.0 Å². The van der Waals surface area contributed by atoms with Gasteiger partial charge in [0.15, 0.2) is 5.69 Å². The second-order valence-electron chi connectivity index (χ2n) is 4.89. The standard InChI is InChI=1S/C15H13N3O5/c1-8-5-13(14(18(22)23)6-9(8)2)17-16-12-4-3-10(19)7-11(12)15(20)21/h3-7,19H,1-2H3,(H,20,21). The average molecular weight is 315 g/mol. The molecule has 2 N–H and O–H groups in total. The predicted octanol–water partition coefficient (Wildman–Crippen LogP) is 4.03. The monoisotopic (exact) mass is 315 g/mol. The summed E-state index contributed by atoms with van der Waals surface area (Å²) in [6.07, 6.45) is 0. The van der Waals surface area contributed by atoms with E-state index >= 15 is 0 Å². The fourth-order valence-corrected chi connectivity index (χ4v) is 1.90. The largest absolute Gasteiger partial charge is 0.508 e. The van der Waals surface area contributed by atoms with Crippen LogP contribution in [-0.2, 0) is 0 Å². The molecule has 0 aromatic heterocycles. The first kappa shape index (κ1) is 16.1. The van der Waals surface area contributed by atoms with E-state index in [1.54, 1.807) is 13.8 Å². The molecule has 0 atom stereocenters. The molecule has 0 aliphatic heterocycles. The van der Waals surface area contributed by atoms with Crippen molar-refractivity contribution in [1.29, 1.82) is 0 Å². The van der Waals surface area contributed by atoms with Crippen LogP contribution in [0.2, 0.25) is 0 Å². The van der Waals surface area contributed by atoms with Crippen LogP contribution in [0.5, 0.6) is 5.75 Å². The van der Waals surface area contributed by atoms with Gasteiger partial charge in [-0.15, -0.1) is 10.2 Å². The van der Waals surface area contributed by atoms with Gasteiger partial charge in [-0.05, 0) is 49.2 Å². The number of hydrogen-bond donors (Lipinski definition) is 2. The molecule has 0 heterocycles. The SMILES string of the molecule is Cc1cc(N=Nc2ccc(O)cc2C(=O)O)c([N+](=O)[O-])cc1C. The molecule has 0 amide bonds. The van der Waals surface area contributed by atoms with Crippen LogP contribution in [0.4, 0.5) is 17.1 Å². The molecule has 0 saturated carbocycles. The van der Waals surface area contributed by atoms with Gasteiger partial charge in [0.1, 0.15) is 11.4 Å². The number of benzene rings is 2. The van der Waals surface area contributed by atoms with E-state index in [1.807, 2.05) is 0 Å². The topological polar surface area (TPSA) is 125 Å². The number of aryl methyl sites for hydroxylation is 2. The number of aromatic carboxylic acids is 1. The lowest BCUT2D eigenvalue weighted by Crippen LogP contribution is -1.96. The summed E-state index contributed by atoms with van der Waals surface area (Å²) in [6.45, 7) is 3.52. The smallest absolute Gasteiger partial charge is 0.338 e. The number of hydrogen-bond acceptors (Lipinski definition) is 6. The Morgan fingerprint density at radius 2 is 1.70 bits per heavy atom. The zero-order valence-corrected chi connectivity index (χ0v) is 12.3. The lowest BCUT2D eigenvalue weighted by atomic mass is 10.1. The Bertz CT molecular complexity index is 830. The van der Waals surface area contributed by atoms with Crippen LogP contribution in [0.15, 0.2) is 40.6 Å². The minimum atomic E-state index is -1.29. The normalized spacial score (nSPS) is 10.9. The summed E-state index contributed by atoms with van der Waals surface area (Å²) in [4.78, 5) is 21.7. The predicted molar refractivity (Wildman–Crippen MR) is 81.8 cm³/mol. The average Bonchev–Trinajstić information content (AvgIpc) is 2.48. The van der Waals surface area contributed by atoms with Crippen molar-refractivity contribution in [3.8, 4) is 5.75 Å². The molecule has 0 fully saturated rings. The summed E-state index contributed by atoms with van der Waals surface area (Å²) in [7, 11) is 0. The molecule has 2 aromatic rings. The minimum Gasteiger partial charge on any atom is -0.508 e.